The van der Waals surface area contributed by atoms with Crippen LogP contribution in [0.3, 0.4) is 0 Å². The number of benzene rings is 9. The van der Waals surface area contributed by atoms with Gasteiger partial charge in [-0.25, -0.2) is 0 Å². The lowest BCUT2D eigenvalue weighted by atomic mass is 9.84. The van der Waals surface area contributed by atoms with Gasteiger partial charge < -0.3 is 8.83 Å². The highest BCUT2D eigenvalue weighted by atomic mass is 16.3. The van der Waals surface area contributed by atoms with Gasteiger partial charge in [-0.2, -0.15) is 0 Å². The van der Waals surface area contributed by atoms with E-state index in [0.29, 0.717) is 0 Å². The van der Waals surface area contributed by atoms with Crippen molar-refractivity contribution in [1.29, 1.82) is 0 Å². The zero-order valence-electron chi connectivity index (χ0n) is 27.0. The van der Waals surface area contributed by atoms with E-state index in [-0.39, 0.29) is 0 Å². The first-order valence-electron chi connectivity index (χ1n) is 17.1. The van der Waals surface area contributed by atoms with Crippen molar-refractivity contribution in [3.8, 4) is 33.4 Å². The highest BCUT2D eigenvalue weighted by molar-refractivity contribution is 6.24. The summed E-state index contributed by atoms with van der Waals surface area (Å²) in [5.74, 6) is 0. The molecule has 0 N–H and O–H groups in total. The van der Waals surface area contributed by atoms with Gasteiger partial charge in [0.05, 0.1) is 0 Å². The predicted octanol–water partition coefficient (Wildman–Crippen LogP) is 13.9. The maximum Gasteiger partial charge on any atom is 0.139 e. The van der Waals surface area contributed by atoms with Crippen LogP contribution in [0.15, 0.2) is 179 Å². The zero-order valence-corrected chi connectivity index (χ0v) is 27.0. The number of para-hydroxylation sites is 1. The lowest BCUT2D eigenvalue weighted by Gasteiger charge is -2.19. The minimum absolute atomic E-state index is 0.835. The largest absolute Gasteiger partial charge is 0.456 e. The van der Waals surface area contributed by atoms with Crippen molar-refractivity contribution in [1.82, 2.24) is 0 Å². The summed E-state index contributed by atoms with van der Waals surface area (Å²) in [6.07, 6.45) is 0. The second-order valence-electron chi connectivity index (χ2n) is 13.2. The zero-order chi connectivity index (χ0) is 32.8. The monoisotopic (exact) mass is 636 g/mol. The molecular weight excluding hydrogens is 609 g/mol. The van der Waals surface area contributed by atoms with Crippen LogP contribution in [-0.2, 0) is 0 Å². The molecule has 50 heavy (non-hydrogen) atoms. The molecular formula is C48H28O2. The molecule has 0 aliphatic heterocycles. The topological polar surface area (TPSA) is 26.3 Å². The van der Waals surface area contributed by atoms with Crippen LogP contribution in [0.1, 0.15) is 0 Å². The van der Waals surface area contributed by atoms with Crippen LogP contribution < -0.4 is 0 Å². The van der Waals surface area contributed by atoms with E-state index >= 15 is 0 Å². The third-order valence-corrected chi connectivity index (χ3v) is 10.5. The first kappa shape index (κ1) is 27.3. The van der Waals surface area contributed by atoms with E-state index in [9.17, 15) is 0 Å². The second-order valence-corrected chi connectivity index (χ2v) is 13.2. The second kappa shape index (κ2) is 10.4. The first-order chi connectivity index (χ1) is 24.8. The van der Waals surface area contributed by atoms with Crippen LogP contribution >= 0.6 is 0 Å². The average molecular weight is 637 g/mol. The average Bonchev–Trinajstić information content (AvgIpc) is 3.72. The maximum atomic E-state index is 6.38. The summed E-state index contributed by atoms with van der Waals surface area (Å²) in [7, 11) is 0. The van der Waals surface area contributed by atoms with Crippen molar-refractivity contribution >= 4 is 76.2 Å². The van der Waals surface area contributed by atoms with Crippen molar-refractivity contribution in [3.05, 3.63) is 170 Å². The SMILES string of the molecule is c1ccc(-c2c3ccccc3c(-c3ccc(-c4ccc5oc6cc7oc8ccccc8c7cc6c5c4)c4ccccc34)c3ccccc23)cc1. The van der Waals surface area contributed by atoms with Gasteiger partial charge in [-0.15, -0.1) is 0 Å². The normalized spacial score (nSPS) is 12.0. The Morgan fingerprint density at radius 3 is 1.40 bits per heavy atom. The maximum absolute atomic E-state index is 6.38. The minimum Gasteiger partial charge on any atom is -0.456 e. The molecule has 2 heteroatoms. The fourth-order valence-electron chi connectivity index (χ4n) is 8.27. The molecule has 0 amide bonds. The molecule has 0 aliphatic rings. The lowest BCUT2D eigenvalue weighted by Crippen LogP contribution is -1.92. The Morgan fingerprint density at radius 1 is 0.240 bits per heavy atom. The van der Waals surface area contributed by atoms with E-state index in [0.717, 1.165) is 49.4 Å². The third-order valence-electron chi connectivity index (χ3n) is 10.5. The van der Waals surface area contributed by atoms with Gasteiger partial charge in [-0.1, -0.05) is 140 Å². The minimum atomic E-state index is 0.835. The fraction of sp³-hybridized carbons (Fsp3) is 0. The molecule has 0 atom stereocenters. The molecule has 11 aromatic rings. The molecule has 2 heterocycles. The predicted molar refractivity (Wildman–Crippen MR) is 210 cm³/mol. The van der Waals surface area contributed by atoms with Crippen molar-refractivity contribution in [2.24, 2.45) is 0 Å². The van der Waals surface area contributed by atoms with Crippen LogP contribution in [0.25, 0.3) is 110 Å². The van der Waals surface area contributed by atoms with Crippen LogP contribution in [0.5, 0.6) is 0 Å². The van der Waals surface area contributed by atoms with Gasteiger partial charge >= 0.3 is 0 Å². The molecule has 0 radical (unpaired) electrons. The summed E-state index contributed by atoms with van der Waals surface area (Å²) < 4.78 is 12.5. The lowest BCUT2D eigenvalue weighted by molar-refractivity contribution is 0.656. The standard InChI is InChI=1S/C48H28O2/c1-2-12-29(13-3-1)47-35-17-6-8-19-37(35)48(38-20-9-7-18-36(38)47)39-24-23-31(32-14-4-5-15-33(32)39)30-22-25-44-40(26-30)42-27-41-34-16-10-11-21-43(34)49-45(41)28-46(42)50-44/h1-28H. The summed E-state index contributed by atoms with van der Waals surface area (Å²) >= 11 is 0. The highest BCUT2D eigenvalue weighted by Gasteiger charge is 2.20. The van der Waals surface area contributed by atoms with E-state index in [1.807, 2.05) is 18.2 Å². The Kier molecular flexibility index (Phi) is 5.70. The van der Waals surface area contributed by atoms with Crippen molar-refractivity contribution < 1.29 is 8.83 Å². The molecule has 0 unspecified atom stereocenters. The van der Waals surface area contributed by atoms with Gasteiger partial charge in [0.15, 0.2) is 0 Å². The molecule has 0 aliphatic carbocycles. The Hall–Kier alpha value is -6.64. The Labute approximate surface area is 287 Å². The first-order valence-corrected chi connectivity index (χ1v) is 17.1. The van der Waals surface area contributed by atoms with Gasteiger partial charge in [-0.05, 0) is 90.0 Å². The summed E-state index contributed by atoms with van der Waals surface area (Å²) in [4.78, 5) is 0. The molecule has 232 valence electrons. The summed E-state index contributed by atoms with van der Waals surface area (Å²) in [6, 6.07) is 61.1. The molecule has 0 saturated heterocycles. The van der Waals surface area contributed by atoms with Gasteiger partial charge in [0, 0.05) is 27.6 Å². The number of fused-ring (bicyclic) bond motifs is 9. The van der Waals surface area contributed by atoms with E-state index in [4.69, 9.17) is 8.83 Å². The van der Waals surface area contributed by atoms with E-state index in [2.05, 4.69) is 152 Å². The third kappa shape index (κ3) is 3.90. The van der Waals surface area contributed by atoms with Crippen molar-refractivity contribution in [2.45, 2.75) is 0 Å². The van der Waals surface area contributed by atoms with Gasteiger partial charge in [-0.3, -0.25) is 0 Å². The molecule has 2 nitrogen and oxygen atoms in total. The molecule has 2 aromatic heterocycles. The van der Waals surface area contributed by atoms with Gasteiger partial charge in [0.2, 0.25) is 0 Å². The van der Waals surface area contributed by atoms with E-state index in [1.54, 1.807) is 0 Å². The van der Waals surface area contributed by atoms with E-state index < -0.39 is 0 Å². The van der Waals surface area contributed by atoms with Gasteiger partial charge in [0.25, 0.3) is 0 Å². The molecule has 0 fully saturated rings. The Morgan fingerprint density at radius 2 is 0.720 bits per heavy atom. The van der Waals surface area contributed by atoms with Gasteiger partial charge in [0.1, 0.15) is 22.3 Å². The summed E-state index contributed by atoms with van der Waals surface area (Å²) in [6.45, 7) is 0. The molecule has 0 spiro atoms. The van der Waals surface area contributed by atoms with Crippen molar-refractivity contribution in [3.63, 3.8) is 0 Å². The summed E-state index contributed by atoms with van der Waals surface area (Å²) in [5, 5.41) is 11.9. The number of hydrogen-bond donors (Lipinski definition) is 0. The number of hydrogen-bond acceptors (Lipinski definition) is 2. The Balaban J connectivity index is 1.15. The molecule has 9 aromatic carbocycles. The molecule has 11 rings (SSSR count). The quantitative estimate of drug-likeness (QED) is 0.180. The smallest absolute Gasteiger partial charge is 0.139 e. The summed E-state index contributed by atoms with van der Waals surface area (Å²) in [5.41, 5.74) is 10.8. The molecule has 0 saturated carbocycles. The van der Waals surface area contributed by atoms with Crippen LogP contribution in [0, 0.1) is 0 Å². The van der Waals surface area contributed by atoms with E-state index in [1.165, 1.54) is 60.1 Å². The molecule has 0 bridgehead atoms. The van der Waals surface area contributed by atoms with Crippen LogP contribution in [-0.4, -0.2) is 0 Å². The van der Waals surface area contributed by atoms with Crippen LogP contribution in [0.2, 0.25) is 0 Å². The number of rotatable bonds is 3. The van der Waals surface area contributed by atoms with Crippen LogP contribution in [0.4, 0.5) is 0 Å². The fourth-order valence-corrected chi connectivity index (χ4v) is 8.27. The highest BCUT2D eigenvalue weighted by Crippen LogP contribution is 2.47. The Bertz CT molecular complexity index is 3080. The number of furan rings is 2. The van der Waals surface area contributed by atoms with Crippen molar-refractivity contribution in [2.75, 3.05) is 0 Å².